The summed E-state index contributed by atoms with van der Waals surface area (Å²) in [5.41, 5.74) is 0. The molecule has 0 saturated heterocycles. The molecule has 0 fully saturated rings. The van der Waals surface area contributed by atoms with E-state index in [9.17, 15) is 5.11 Å². The van der Waals surface area contributed by atoms with Crippen LogP contribution in [0.5, 0.6) is 0 Å². The smallest absolute Gasteiger partial charge is 0.221 e. The first-order valence-electron chi connectivity index (χ1n) is 2.68. The van der Waals surface area contributed by atoms with Gasteiger partial charge in [0.1, 0.15) is 0 Å². The Morgan fingerprint density at radius 2 is 2.67 bits per heavy atom. The molecule has 0 saturated carbocycles. The van der Waals surface area contributed by atoms with Crippen molar-refractivity contribution in [3.05, 3.63) is 12.3 Å². The zero-order valence-corrected chi connectivity index (χ0v) is 5.07. The number of aromatic nitrogens is 2. The highest BCUT2D eigenvalue weighted by Crippen LogP contribution is 2.08. The van der Waals surface area contributed by atoms with Gasteiger partial charge in [0.25, 0.3) is 0 Å². The van der Waals surface area contributed by atoms with Crippen LogP contribution in [0.1, 0.15) is 18.7 Å². The third-order valence-corrected chi connectivity index (χ3v) is 1.05. The summed E-state index contributed by atoms with van der Waals surface area (Å²) in [6, 6.07) is 0. The Hall–Kier alpha value is -0.900. The van der Waals surface area contributed by atoms with Gasteiger partial charge in [-0.15, -0.1) is 10.2 Å². The van der Waals surface area contributed by atoms with Crippen molar-refractivity contribution in [3.63, 3.8) is 0 Å². The van der Waals surface area contributed by atoms with Crippen LogP contribution in [0.4, 0.5) is 0 Å². The molecule has 0 aliphatic rings. The average Bonchev–Trinajstić information content (AvgIpc) is 2.37. The Labute approximate surface area is 52.5 Å². The molecule has 0 N–H and O–H groups in total. The molecule has 1 radical (unpaired) electrons. The van der Waals surface area contributed by atoms with Crippen molar-refractivity contribution in [1.29, 1.82) is 0 Å². The van der Waals surface area contributed by atoms with Gasteiger partial charge < -0.3 is 4.42 Å². The summed E-state index contributed by atoms with van der Waals surface area (Å²) in [7, 11) is 0. The van der Waals surface area contributed by atoms with Crippen molar-refractivity contribution in [1.82, 2.24) is 10.2 Å². The van der Waals surface area contributed by atoms with Gasteiger partial charge in [0, 0.05) is 0 Å². The van der Waals surface area contributed by atoms with Gasteiger partial charge in [-0.3, -0.25) is 0 Å². The second-order valence-corrected chi connectivity index (χ2v) is 1.84. The highest BCUT2D eigenvalue weighted by atomic mass is 16.4. The van der Waals surface area contributed by atoms with E-state index in [4.69, 9.17) is 4.42 Å². The molecular weight excluding hydrogens is 120 g/mol. The normalized spacial score (nSPS) is 13.6. The van der Waals surface area contributed by atoms with Crippen molar-refractivity contribution >= 4 is 0 Å². The Bertz CT molecular complexity index is 161. The number of hydrogen-bond donors (Lipinski definition) is 0. The van der Waals surface area contributed by atoms with E-state index >= 15 is 0 Å². The van der Waals surface area contributed by atoms with E-state index in [-0.39, 0.29) is 12.5 Å². The maximum Gasteiger partial charge on any atom is 0.221 e. The zero-order chi connectivity index (χ0) is 6.69. The van der Waals surface area contributed by atoms with E-state index in [2.05, 4.69) is 10.2 Å². The number of nitrogens with zero attached hydrogens (tertiary/aromatic N) is 2. The van der Waals surface area contributed by atoms with Crippen LogP contribution in [0, 0.1) is 0 Å². The van der Waals surface area contributed by atoms with Crippen LogP contribution in [-0.2, 0) is 5.11 Å². The molecule has 0 bridgehead atoms. The van der Waals surface area contributed by atoms with Crippen LogP contribution in [0.2, 0.25) is 0 Å². The van der Waals surface area contributed by atoms with Gasteiger partial charge >= 0.3 is 0 Å². The highest BCUT2D eigenvalue weighted by Gasteiger charge is 2.08. The minimum absolute atomic E-state index is 0.160. The summed E-state index contributed by atoms with van der Waals surface area (Å²) in [4.78, 5) is 0. The summed E-state index contributed by atoms with van der Waals surface area (Å²) < 4.78 is 4.76. The molecule has 1 heterocycles. The topological polar surface area (TPSA) is 58.8 Å². The molecule has 49 valence electrons. The highest BCUT2D eigenvalue weighted by molar-refractivity contribution is 4.83. The van der Waals surface area contributed by atoms with Gasteiger partial charge in [0.05, 0.1) is 12.5 Å². The van der Waals surface area contributed by atoms with Gasteiger partial charge in [-0.05, 0) is 0 Å². The first-order valence-corrected chi connectivity index (χ1v) is 2.68. The second kappa shape index (κ2) is 2.59. The largest absolute Gasteiger partial charge is 0.428 e. The maximum absolute atomic E-state index is 10.2. The van der Waals surface area contributed by atoms with Crippen molar-refractivity contribution in [2.75, 3.05) is 6.61 Å². The average molecular weight is 127 g/mol. The molecule has 1 rings (SSSR count). The van der Waals surface area contributed by atoms with E-state index in [1.807, 2.05) is 0 Å². The molecule has 4 heteroatoms. The lowest BCUT2D eigenvalue weighted by Gasteiger charge is -1.95. The lowest BCUT2D eigenvalue weighted by Crippen LogP contribution is -1.97. The standard InChI is InChI=1S/C5H7N2O2/c1-4(2-8)5-7-6-3-9-5/h3-4H,2H2,1H3. The van der Waals surface area contributed by atoms with Crippen LogP contribution >= 0.6 is 0 Å². The molecule has 0 aromatic carbocycles. The summed E-state index contributed by atoms with van der Waals surface area (Å²) in [5, 5.41) is 17.2. The van der Waals surface area contributed by atoms with Crippen molar-refractivity contribution in [2.45, 2.75) is 12.8 Å². The third-order valence-electron chi connectivity index (χ3n) is 1.05. The lowest BCUT2D eigenvalue weighted by atomic mass is 10.2. The number of rotatable bonds is 2. The Morgan fingerprint density at radius 3 is 3.11 bits per heavy atom. The SMILES string of the molecule is CC(C[O])c1nnco1. The molecule has 0 aliphatic carbocycles. The quantitative estimate of drug-likeness (QED) is 0.584. The van der Waals surface area contributed by atoms with Gasteiger partial charge in [0.2, 0.25) is 12.3 Å². The van der Waals surface area contributed by atoms with Crippen LogP contribution < -0.4 is 0 Å². The zero-order valence-electron chi connectivity index (χ0n) is 5.07. The van der Waals surface area contributed by atoms with Gasteiger partial charge in [-0.2, -0.15) is 0 Å². The van der Waals surface area contributed by atoms with E-state index in [1.54, 1.807) is 6.92 Å². The molecule has 1 unspecified atom stereocenters. The van der Waals surface area contributed by atoms with Crippen molar-refractivity contribution in [3.8, 4) is 0 Å². The van der Waals surface area contributed by atoms with Crippen LogP contribution in [0.15, 0.2) is 10.8 Å². The summed E-state index contributed by atoms with van der Waals surface area (Å²) in [6.07, 6.45) is 1.22. The fourth-order valence-electron chi connectivity index (χ4n) is 0.468. The van der Waals surface area contributed by atoms with Crippen molar-refractivity contribution < 1.29 is 9.52 Å². The molecule has 1 aromatic rings. The number of hydrogen-bond acceptors (Lipinski definition) is 3. The fraction of sp³-hybridized carbons (Fsp3) is 0.600. The van der Waals surface area contributed by atoms with E-state index in [1.165, 1.54) is 6.39 Å². The molecular formula is C5H7N2O2. The van der Waals surface area contributed by atoms with E-state index in [0.29, 0.717) is 5.89 Å². The molecule has 0 amide bonds. The molecule has 1 atom stereocenters. The summed E-state index contributed by atoms with van der Waals surface area (Å²) in [6.45, 7) is 1.54. The molecule has 1 aromatic heterocycles. The van der Waals surface area contributed by atoms with Gasteiger partial charge in [0.15, 0.2) is 0 Å². The molecule has 4 nitrogen and oxygen atoms in total. The molecule has 0 aliphatic heterocycles. The summed E-state index contributed by atoms with van der Waals surface area (Å²) >= 11 is 0. The van der Waals surface area contributed by atoms with Crippen LogP contribution in [0.25, 0.3) is 0 Å². The Balaban J connectivity index is 2.65. The molecule has 9 heavy (non-hydrogen) atoms. The Morgan fingerprint density at radius 1 is 1.89 bits per heavy atom. The fourth-order valence-corrected chi connectivity index (χ4v) is 0.468. The van der Waals surface area contributed by atoms with E-state index in [0.717, 1.165) is 0 Å². The Kier molecular flexibility index (Phi) is 1.79. The summed E-state index contributed by atoms with van der Waals surface area (Å²) in [5.74, 6) is 0.262. The third kappa shape index (κ3) is 1.26. The predicted octanol–water partition coefficient (Wildman–Crippen LogP) is 0.604. The minimum atomic E-state index is -0.206. The van der Waals surface area contributed by atoms with Gasteiger partial charge in [-0.1, -0.05) is 6.92 Å². The first kappa shape index (κ1) is 6.22. The van der Waals surface area contributed by atoms with Gasteiger partial charge in [-0.25, -0.2) is 5.11 Å². The maximum atomic E-state index is 10.2. The first-order chi connectivity index (χ1) is 4.34. The van der Waals surface area contributed by atoms with Crippen LogP contribution in [0.3, 0.4) is 0 Å². The van der Waals surface area contributed by atoms with E-state index < -0.39 is 0 Å². The molecule has 0 spiro atoms. The lowest BCUT2D eigenvalue weighted by molar-refractivity contribution is 0.167. The monoisotopic (exact) mass is 127 g/mol. The second-order valence-electron chi connectivity index (χ2n) is 1.84. The minimum Gasteiger partial charge on any atom is -0.428 e. The van der Waals surface area contributed by atoms with Crippen LogP contribution in [-0.4, -0.2) is 16.8 Å². The predicted molar refractivity (Wildman–Crippen MR) is 28.3 cm³/mol. The van der Waals surface area contributed by atoms with Crippen molar-refractivity contribution in [2.24, 2.45) is 0 Å².